The number of hydrazine groups is 1. The van der Waals surface area contributed by atoms with Gasteiger partial charge in [0.15, 0.2) is 13.2 Å². The van der Waals surface area contributed by atoms with E-state index >= 15 is 0 Å². The molecule has 2 aromatic rings. The first-order valence-corrected chi connectivity index (χ1v) is 7.63. The molecule has 0 aliphatic rings. The van der Waals surface area contributed by atoms with E-state index in [2.05, 4.69) is 10.9 Å². The lowest BCUT2D eigenvalue weighted by atomic mass is 10.3. The Morgan fingerprint density at radius 2 is 1.04 bits per heavy atom. The molecule has 8 heteroatoms. The van der Waals surface area contributed by atoms with Crippen LogP contribution in [0.2, 0.25) is 10.0 Å². The monoisotopic (exact) mass is 368 g/mol. The number of carbonyl (C=O) groups excluding carboxylic acids is 2. The number of amides is 2. The van der Waals surface area contributed by atoms with Gasteiger partial charge in [0.25, 0.3) is 11.8 Å². The van der Waals surface area contributed by atoms with E-state index < -0.39 is 11.8 Å². The highest BCUT2D eigenvalue weighted by Crippen LogP contribution is 2.16. The molecule has 0 fully saturated rings. The molecular formula is C16H14Cl2N2O4. The SMILES string of the molecule is O=C(COc1ccc(Cl)cc1)NNC(=O)COc1ccc(Cl)cc1. The van der Waals surface area contributed by atoms with Gasteiger partial charge < -0.3 is 9.47 Å². The van der Waals surface area contributed by atoms with Gasteiger partial charge in [-0.25, -0.2) is 0 Å². The first kappa shape index (κ1) is 17.9. The van der Waals surface area contributed by atoms with E-state index in [-0.39, 0.29) is 13.2 Å². The van der Waals surface area contributed by atoms with Crippen LogP contribution in [-0.2, 0) is 9.59 Å². The van der Waals surface area contributed by atoms with Crippen molar-refractivity contribution in [1.29, 1.82) is 0 Å². The summed E-state index contributed by atoms with van der Waals surface area (Å²) < 4.78 is 10.5. The maximum absolute atomic E-state index is 11.6. The van der Waals surface area contributed by atoms with Gasteiger partial charge in [-0.2, -0.15) is 0 Å². The van der Waals surface area contributed by atoms with E-state index in [0.29, 0.717) is 21.5 Å². The van der Waals surface area contributed by atoms with Gasteiger partial charge in [0, 0.05) is 10.0 Å². The zero-order valence-electron chi connectivity index (χ0n) is 12.4. The first-order valence-electron chi connectivity index (χ1n) is 6.87. The third-order valence-corrected chi connectivity index (χ3v) is 3.21. The average Bonchev–Trinajstić information content (AvgIpc) is 2.59. The lowest BCUT2D eigenvalue weighted by molar-refractivity contribution is -0.131. The van der Waals surface area contributed by atoms with E-state index in [4.69, 9.17) is 32.7 Å². The Morgan fingerprint density at radius 1 is 0.708 bits per heavy atom. The summed E-state index contributed by atoms with van der Waals surface area (Å²) in [5.41, 5.74) is 4.44. The van der Waals surface area contributed by atoms with Crippen molar-refractivity contribution in [1.82, 2.24) is 10.9 Å². The Morgan fingerprint density at radius 3 is 1.38 bits per heavy atom. The molecule has 0 aliphatic carbocycles. The van der Waals surface area contributed by atoms with Crippen molar-refractivity contribution in [3.63, 3.8) is 0 Å². The summed E-state index contributed by atoms with van der Waals surface area (Å²) in [7, 11) is 0. The fourth-order valence-corrected chi connectivity index (χ4v) is 1.82. The van der Waals surface area contributed by atoms with Crippen LogP contribution in [0.3, 0.4) is 0 Å². The molecule has 2 N–H and O–H groups in total. The Kier molecular flexibility index (Phi) is 6.72. The molecule has 2 rings (SSSR count). The van der Waals surface area contributed by atoms with Crippen LogP contribution in [0.15, 0.2) is 48.5 Å². The Bertz CT molecular complexity index is 629. The highest BCUT2D eigenvalue weighted by atomic mass is 35.5. The number of halogens is 2. The molecule has 0 spiro atoms. The minimum absolute atomic E-state index is 0.250. The predicted molar refractivity (Wildman–Crippen MR) is 90.2 cm³/mol. The molecule has 6 nitrogen and oxygen atoms in total. The van der Waals surface area contributed by atoms with Crippen molar-refractivity contribution in [2.24, 2.45) is 0 Å². The maximum atomic E-state index is 11.6. The highest BCUT2D eigenvalue weighted by molar-refractivity contribution is 6.30. The molecule has 2 amide bonds. The largest absolute Gasteiger partial charge is 0.484 e. The minimum atomic E-state index is -0.509. The molecule has 0 heterocycles. The van der Waals surface area contributed by atoms with Crippen LogP contribution in [-0.4, -0.2) is 25.0 Å². The van der Waals surface area contributed by atoms with Crippen LogP contribution >= 0.6 is 23.2 Å². The van der Waals surface area contributed by atoms with Crippen molar-refractivity contribution in [2.45, 2.75) is 0 Å². The normalized spacial score (nSPS) is 9.92. The highest BCUT2D eigenvalue weighted by Gasteiger charge is 2.06. The van der Waals surface area contributed by atoms with Crippen molar-refractivity contribution in [3.8, 4) is 11.5 Å². The molecule has 0 atom stereocenters. The molecule has 0 saturated heterocycles. The molecular weight excluding hydrogens is 355 g/mol. The third kappa shape index (κ3) is 6.36. The van der Waals surface area contributed by atoms with Crippen molar-refractivity contribution >= 4 is 35.0 Å². The summed E-state index contributed by atoms with van der Waals surface area (Å²) in [4.78, 5) is 23.1. The first-order chi connectivity index (χ1) is 11.5. The number of hydrogen-bond acceptors (Lipinski definition) is 4. The lowest BCUT2D eigenvalue weighted by Crippen LogP contribution is -2.45. The molecule has 2 aromatic carbocycles. The van der Waals surface area contributed by atoms with Gasteiger partial charge in [-0.1, -0.05) is 23.2 Å². The molecule has 0 saturated carbocycles. The van der Waals surface area contributed by atoms with Crippen LogP contribution in [0, 0.1) is 0 Å². The summed E-state index contributed by atoms with van der Waals surface area (Å²) in [6.45, 7) is -0.500. The fourth-order valence-electron chi connectivity index (χ4n) is 1.57. The summed E-state index contributed by atoms with van der Waals surface area (Å²) in [6.07, 6.45) is 0. The van der Waals surface area contributed by atoms with Gasteiger partial charge in [0.1, 0.15) is 11.5 Å². The summed E-state index contributed by atoms with van der Waals surface area (Å²) in [5, 5.41) is 1.14. The van der Waals surface area contributed by atoms with Gasteiger partial charge in [0.05, 0.1) is 0 Å². The van der Waals surface area contributed by atoms with Crippen molar-refractivity contribution < 1.29 is 19.1 Å². The van der Waals surface area contributed by atoms with E-state index in [1.54, 1.807) is 48.5 Å². The number of carbonyl (C=O) groups is 2. The lowest BCUT2D eigenvalue weighted by Gasteiger charge is -2.09. The van der Waals surface area contributed by atoms with Crippen LogP contribution in [0.25, 0.3) is 0 Å². The summed E-state index contributed by atoms with van der Waals surface area (Å²) >= 11 is 11.5. The zero-order chi connectivity index (χ0) is 17.4. The van der Waals surface area contributed by atoms with Gasteiger partial charge in [-0.05, 0) is 48.5 Å². The second kappa shape index (κ2) is 9.00. The van der Waals surface area contributed by atoms with E-state index in [1.165, 1.54) is 0 Å². The Hall–Kier alpha value is -2.44. The van der Waals surface area contributed by atoms with Crippen LogP contribution in [0.1, 0.15) is 0 Å². The standard InChI is InChI=1S/C16H14Cl2N2O4/c17-11-1-5-13(6-2-11)23-9-15(21)19-20-16(22)10-24-14-7-3-12(18)4-8-14/h1-8H,9-10H2,(H,19,21)(H,20,22). The van der Waals surface area contributed by atoms with Gasteiger partial charge in [-0.15, -0.1) is 0 Å². The quantitative estimate of drug-likeness (QED) is 0.768. The second-order valence-corrected chi connectivity index (χ2v) is 5.45. The molecule has 24 heavy (non-hydrogen) atoms. The number of hydrogen-bond donors (Lipinski definition) is 2. The smallest absolute Gasteiger partial charge is 0.276 e. The number of nitrogens with one attached hydrogen (secondary N) is 2. The zero-order valence-corrected chi connectivity index (χ0v) is 13.9. The summed E-state index contributed by atoms with van der Waals surface area (Å²) in [6, 6.07) is 13.1. The number of benzene rings is 2. The summed E-state index contributed by atoms with van der Waals surface area (Å²) in [5.74, 6) is -0.0338. The minimum Gasteiger partial charge on any atom is -0.484 e. The van der Waals surface area contributed by atoms with Crippen molar-refractivity contribution in [2.75, 3.05) is 13.2 Å². The molecule has 0 bridgehead atoms. The molecule has 0 radical (unpaired) electrons. The van der Waals surface area contributed by atoms with Crippen molar-refractivity contribution in [3.05, 3.63) is 58.6 Å². The molecule has 126 valence electrons. The second-order valence-electron chi connectivity index (χ2n) is 4.58. The Labute approximate surface area is 148 Å². The van der Waals surface area contributed by atoms with Gasteiger partial charge in [0.2, 0.25) is 0 Å². The molecule has 0 aliphatic heterocycles. The molecule has 0 aromatic heterocycles. The van der Waals surface area contributed by atoms with Gasteiger partial charge >= 0.3 is 0 Å². The topological polar surface area (TPSA) is 76.7 Å². The van der Waals surface area contributed by atoms with Crippen LogP contribution in [0.5, 0.6) is 11.5 Å². The average molecular weight is 369 g/mol. The Balaban J connectivity index is 1.64. The third-order valence-electron chi connectivity index (χ3n) is 2.71. The predicted octanol–water partition coefficient (Wildman–Crippen LogP) is 2.60. The fraction of sp³-hybridized carbons (Fsp3) is 0.125. The molecule has 0 unspecified atom stereocenters. The van der Waals surface area contributed by atoms with E-state index in [9.17, 15) is 9.59 Å². The van der Waals surface area contributed by atoms with Crippen LogP contribution < -0.4 is 20.3 Å². The van der Waals surface area contributed by atoms with E-state index in [0.717, 1.165) is 0 Å². The van der Waals surface area contributed by atoms with Gasteiger partial charge in [-0.3, -0.25) is 20.4 Å². The maximum Gasteiger partial charge on any atom is 0.276 e. The number of rotatable bonds is 6. The number of ether oxygens (including phenoxy) is 2. The van der Waals surface area contributed by atoms with E-state index in [1.807, 2.05) is 0 Å². The van der Waals surface area contributed by atoms with Crippen LogP contribution in [0.4, 0.5) is 0 Å².